The minimum atomic E-state index is -2.84. The highest BCUT2D eigenvalue weighted by molar-refractivity contribution is 7.91. The van der Waals surface area contributed by atoms with E-state index in [1.165, 1.54) is 0 Å². The third-order valence-corrected chi connectivity index (χ3v) is 4.74. The average Bonchev–Trinajstić information content (AvgIpc) is 2.11. The summed E-state index contributed by atoms with van der Waals surface area (Å²) in [6, 6.07) is 0. The molecule has 0 aliphatic heterocycles. The maximum absolute atomic E-state index is 11.5. The Morgan fingerprint density at radius 2 is 1.71 bits per heavy atom. The molecule has 0 bridgehead atoms. The smallest absolute Gasteiger partial charge is 0.152 e. The molecular weight excluding hydrogens is 198 g/mol. The van der Waals surface area contributed by atoms with Crippen molar-refractivity contribution in [2.24, 2.45) is 5.92 Å². The van der Waals surface area contributed by atoms with Crippen LogP contribution >= 0.6 is 0 Å². The molecule has 1 atom stereocenters. The summed E-state index contributed by atoms with van der Waals surface area (Å²) in [5.74, 6) is 0.811. The van der Waals surface area contributed by atoms with Crippen LogP contribution in [0.3, 0.4) is 0 Å². The monoisotopic (exact) mass is 221 g/mol. The Kier molecular flexibility index (Phi) is 6.36. The Labute approximate surface area is 88.2 Å². The van der Waals surface area contributed by atoms with Crippen LogP contribution in [0.5, 0.6) is 0 Å². The van der Waals surface area contributed by atoms with E-state index in [-0.39, 0.29) is 5.25 Å². The van der Waals surface area contributed by atoms with Crippen LogP contribution in [0.4, 0.5) is 0 Å². The van der Waals surface area contributed by atoms with E-state index in [1.807, 2.05) is 7.05 Å². The second kappa shape index (κ2) is 6.40. The van der Waals surface area contributed by atoms with E-state index >= 15 is 0 Å². The van der Waals surface area contributed by atoms with Gasteiger partial charge in [-0.2, -0.15) is 0 Å². The topological polar surface area (TPSA) is 46.2 Å². The summed E-state index contributed by atoms with van der Waals surface area (Å²) in [4.78, 5) is 0. The normalized spacial score (nSPS) is 14.6. The minimum Gasteiger partial charge on any atom is -0.320 e. The van der Waals surface area contributed by atoms with Crippen molar-refractivity contribution in [3.63, 3.8) is 0 Å². The second-order valence-electron chi connectivity index (χ2n) is 4.20. The molecule has 0 fully saturated rings. The average molecular weight is 221 g/mol. The first-order chi connectivity index (χ1) is 6.40. The molecule has 0 heterocycles. The van der Waals surface area contributed by atoms with E-state index in [0.29, 0.717) is 11.7 Å². The molecule has 0 saturated carbocycles. The van der Waals surface area contributed by atoms with E-state index in [4.69, 9.17) is 0 Å². The molecule has 0 saturated heterocycles. The van der Waals surface area contributed by atoms with E-state index in [9.17, 15) is 8.42 Å². The lowest BCUT2D eigenvalue weighted by Gasteiger charge is -2.12. The standard InChI is InChI=1S/C10H23NO2S/c1-9(2)14(12,13)8-6-10(3)5-7-11-4/h9-11H,5-8H2,1-4H3. The molecule has 0 aliphatic carbocycles. The molecular formula is C10H23NO2S. The molecule has 1 N–H and O–H groups in total. The van der Waals surface area contributed by atoms with Crippen LogP contribution in [0, 0.1) is 5.92 Å². The Balaban J connectivity index is 3.82. The molecule has 0 rings (SSSR count). The number of hydrogen-bond acceptors (Lipinski definition) is 3. The Bertz CT molecular complexity index is 235. The van der Waals surface area contributed by atoms with Crippen LogP contribution in [0.1, 0.15) is 33.6 Å². The number of sulfone groups is 1. The lowest BCUT2D eigenvalue weighted by molar-refractivity contribution is 0.496. The van der Waals surface area contributed by atoms with Crippen LogP contribution in [-0.2, 0) is 9.84 Å². The number of nitrogens with one attached hydrogen (secondary N) is 1. The maximum atomic E-state index is 11.5. The van der Waals surface area contributed by atoms with Gasteiger partial charge in [0, 0.05) is 0 Å². The molecule has 0 spiro atoms. The maximum Gasteiger partial charge on any atom is 0.152 e. The van der Waals surface area contributed by atoms with Gasteiger partial charge in [-0.05, 0) is 46.2 Å². The van der Waals surface area contributed by atoms with Crippen molar-refractivity contribution < 1.29 is 8.42 Å². The predicted molar refractivity (Wildman–Crippen MR) is 61.2 cm³/mol. The second-order valence-corrected chi connectivity index (χ2v) is 6.88. The zero-order valence-electron chi connectivity index (χ0n) is 9.71. The van der Waals surface area contributed by atoms with Gasteiger partial charge in [-0.25, -0.2) is 8.42 Å². The molecule has 0 aromatic heterocycles. The summed E-state index contributed by atoms with van der Waals surface area (Å²) in [5.41, 5.74) is 0. The zero-order chi connectivity index (χ0) is 11.2. The van der Waals surface area contributed by atoms with E-state index in [2.05, 4.69) is 12.2 Å². The number of rotatable bonds is 7. The first-order valence-electron chi connectivity index (χ1n) is 5.26. The van der Waals surface area contributed by atoms with Crippen molar-refractivity contribution >= 4 is 9.84 Å². The van der Waals surface area contributed by atoms with E-state index < -0.39 is 9.84 Å². The van der Waals surface area contributed by atoms with E-state index in [0.717, 1.165) is 19.4 Å². The molecule has 86 valence electrons. The van der Waals surface area contributed by atoms with Gasteiger partial charge in [0.1, 0.15) is 0 Å². The predicted octanol–water partition coefficient (Wildman–Crippen LogP) is 1.45. The van der Waals surface area contributed by atoms with Crippen LogP contribution in [-0.4, -0.2) is 33.0 Å². The van der Waals surface area contributed by atoms with Gasteiger partial charge in [-0.15, -0.1) is 0 Å². The minimum absolute atomic E-state index is 0.237. The van der Waals surface area contributed by atoms with Gasteiger partial charge < -0.3 is 5.32 Å². The first-order valence-corrected chi connectivity index (χ1v) is 6.98. The highest BCUT2D eigenvalue weighted by Crippen LogP contribution is 2.11. The zero-order valence-corrected chi connectivity index (χ0v) is 10.5. The summed E-state index contributed by atoms with van der Waals surface area (Å²) >= 11 is 0. The fraction of sp³-hybridized carbons (Fsp3) is 1.00. The van der Waals surface area contributed by atoms with Crippen LogP contribution < -0.4 is 5.32 Å². The molecule has 0 amide bonds. The van der Waals surface area contributed by atoms with Gasteiger partial charge in [0.2, 0.25) is 0 Å². The van der Waals surface area contributed by atoms with Crippen molar-refractivity contribution in [1.82, 2.24) is 5.32 Å². The quantitative estimate of drug-likeness (QED) is 0.707. The van der Waals surface area contributed by atoms with Gasteiger partial charge in [-0.3, -0.25) is 0 Å². The Morgan fingerprint density at radius 1 is 1.14 bits per heavy atom. The van der Waals surface area contributed by atoms with Crippen molar-refractivity contribution in [2.45, 2.75) is 38.9 Å². The highest BCUT2D eigenvalue weighted by atomic mass is 32.2. The number of hydrogen-bond donors (Lipinski definition) is 1. The molecule has 3 nitrogen and oxygen atoms in total. The van der Waals surface area contributed by atoms with Crippen LogP contribution in [0.2, 0.25) is 0 Å². The molecule has 0 aromatic rings. The van der Waals surface area contributed by atoms with Gasteiger partial charge in [-0.1, -0.05) is 6.92 Å². The third-order valence-electron chi connectivity index (χ3n) is 2.50. The van der Waals surface area contributed by atoms with Gasteiger partial charge in [0.05, 0.1) is 11.0 Å². The Morgan fingerprint density at radius 3 is 2.14 bits per heavy atom. The summed E-state index contributed by atoms with van der Waals surface area (Å²) < 4.78 is 23.0. The van der Waals surface area contributed by atoms with Gasteiger partial charge >= 0.3 is 0 Å². The van der Waals surface area contributed by atoms with E-state index in [1.54, 1.807) is 13.8 Å². The molecule has 0 aliphatic rings. The molecule has 0 aromatic carbocycles. The third kappa shape index (κ3) is 5.60. The largest absolute Gasteiger partial charge is 0.320 e. The van der Waals surface area contributed by atoms with Crippen molar-refractivity contribution in [2.75, 3.05) is 19.3 Å². The van der Waals surface area contributed by atoms with Crippen molar-refractivity contribution in [3.05, 3.63) is 0 Å². The summed E-state index contributed by atoms with van der Waals surface area (Å²) in [5, 5.41) is 2.83. The SMILES string of the molecule is CNCCC(C)CCS(=O)(=O)C(C)C. The molecule has 0 radical (unpaired) electrons. The Hall–Kier alpha value is -0.0900. The lowest BCUT2D eigenvalue weighted by Crippen LogP contribution is -2.20. The van der Waals surface area contributed by atoms with Crippen LogP contribution in [0.25, 0.3) is 0 Å². The molecule has 14 heavy (non-hydrogen) atoms. The fourth-order valence-electron chi connectivity index (χ4n) is 1.14. The fourth-order valence-corrected chi connectivity index (χ4v) is 2.34. The summed E-state index contributed by atoms with van der Waals surface area (Å²) in [6.07, 6.45) is 1.83. The van der Waals surface area contributed by atoms with Crippen molar-refractivity contribution in [3.8, 4) is 0 Å². The lowest BCUT2D eigenvalue weighted by atomic mass is 10.1. The van der Waals surface area contributed by atoms with Gasteiger partial charge in [0.25, 0.3) is 0 Å². The molecule has 1 unspecified atom stereocenters. The summed E-state index contributed by atoms with van der Waals surface area (Å²) in [7, 11) is -0.924. The highest BCUT2D eigenvalue weighted by Gasteiger charge is 2.16. The van der Waals surface area contributed by atoms with Crippen molar-refractivity contribution in [1.29, 1.82) is 0 Å². The van der Waals surface area contributed by atoms with Gasteiger partial charge in [0.15, 0.2) is 9.84 Å². The first kappa shape index (κ1) is 13.9. The summed E-state index contributed by atoms with van der Waals surface area (Å²) in [6.45, 7) is 6.55. The molecule has 4 heteroatoms. The van der Waals surface area contributed by atoms with Crippen LogP contribution in [0.15, 0.2) is 0 Å².